The summed E-state index contributed by atoms with van der Waals surface area (Å²) < 4.78 is 23.5. The summed E-state index contributed by atoms with van der Waals surface area (Å²) in [6.45, 7) is 0. The first-order chi connectivity index (χ1) is 6.94. The fourth-order valence-electron chi connectivity index (χ4n) is 1.67. The lowest BCUT2D eigenvalue weighted by molar-refractivity contribution is -0.136. The maximum Gasteiger partial charge on any atom is 0.322 e. The molecule has 0 amide bonds. The molecule has 4 nitrogen and oxygen atoms in total. The van der Waals surface area contributed by atoms with Crippen molar-refractivity contribution in [2.75, 3.05) is 0 Å². The van der Waals surface area contributed by atoms with Gasteiger partial charge in [-0.3, -0.25) is 4.79 Å². The van der Waals surface area contributed by atoms with Gasteiger partial charge in [0.1, 0.15) is 0 Å². The summed E-state index contributed by atoms with van der Waals surface area (Å²) in [6, 6.07) is 4.45. The highest BCUT2D eigenvalue weighted by atomic mass is 35.5. The highest BCUT2D eigenvalue weighted by Gasteiger charge is 2.42. The number of hydrogen-bond donors (Lipinski definition) is 1. The second kappa shape index (κ2) is 3.21. The van der Waals surface area contributed by atoms with Crippen molar-refractivity contribution in [2.24, 2.45) is 0 Å². The summed E-state index contributed by atoms with van der Waals surface area (Å²) in [5.74, 6) is -1.33. The van der Waals surface area contributed by atoms with Crippen LogP contribution in [0.15, 0.2) is 23.1 Å². The number of carbonyl (C=O) groups is 1. The first-order valence-electron chi connectivity index (χ1n) is 4.18. The standard InChI is InChI=1S/C9H7ClO4S/c10-6-2-1-3-7-5(6)4-8(9(11)12)15(7,13)14/h1-3,8H,4H2,(H,11,12). The Morgan fingerprint density at radius 3 is 2.67 bits per heavy atom. The van der Waals surface area contributed by atoms with Gasteiger partial charge in [0.15, 0.2) is 15.1 Å². The molecule has 1 atom stereocenters. The van der Waals surface area contributed by atoms with Crippen LogP contribution in [0.5, 0.6) is 0 Å². The van der Waals surface area contributed by atoms with E-state index in [1.807, 2.05) is 0 Å². The van der Waals surface area contributed by atoms with Gasteiger partial charge in [0.05, 0.1) is 4.90 Å². The predicted molar refractivity (Wildman–Crippen MR) is 53.8 cm³/mol. The number of hydrogen-bond acceptors (Lipinski definition) is 3. The molecule has 0 aromatic heterocycles. The highest BCUT2D eigenvalue weighted by Crippen LogP contribution is 2.35. The number of aliphatic carboxylic acids is 1. The van der Waals surface area contributed by atoms with Crippen molar-refractivity contribution in [1.29, 1.82) is 0 Å². The largest absolute Gasteiger partial charge is 0.480 e. The first-order valence-corrected chi connectivity index (χ1v) is 6.11. The number of sulfone groups is 1. The van der Waals surface area contributed by atoms with Gasteiger partial charge >= 0.3 is 5.97 Å². The van der Waals surface area contributed by atoms with E-state index in [0.29, 0.717) is 10.6 Å². The molecule has 1 aromatic rings. The molecule has 15 heavy (non-hydrogen) atoms. The lowest BCUT2D eigenvalue weighted by Gasteiger charge is -2.01. The highest BCUT2D eigenvalue weighted by molar-refractivity contribution is 7.93. The molecule has 1 aliphatic heterocycles. The van der Waals surface area contributed by atoms with E-state index in [-0.39, 0.29) is 11.3 Å². The van der Waals surface area contributed by atoms with E-state index in [2.05, 4.69) is 0 Å². The van der Waals surface area contributed by atoms with Crippen LogP contribution >= 0.6 is 11.6 Å². The van der Waals surface area contributed by atoms with Crippen LogP contribution in [0.4, 0.5) is 0 Å². The third kappa shape index (κ3) is 1.42. The van der Waals surface area contributed by atoms with Crippen molar-refractivity contribution in [3.8, 4) is 0 Å². The topological polar surface area (TPSA) is 71.4 Å². The van der Waals surface area contributed by atoms with E-state index in [4.69, 9.17) is 16.7 Å². The van der Waals surface area contributed by atoms with Gasteiger partial charge < -0.3 is 5.11 Å². The van der Waals surface area contributed by atoms with E-state index in [1.54, 1.807) is 6.07 Å². The number of rotatable bonds is 1. The monoisotopic (exact) mass is 246 g/mol. The Balaban J connectivity index is 2.68. The van der Waals surface area contributed by atoms with Crippen LogP contribution in [0.2, 0.25) is 5.02 Å². The van der Waals surface area contributed by atoms with Crippen LogP contribution in [-0.2, 0) is 21.1 Å². The Morgan fingerprint density at radius 2 is 2.13 bits per heavy atom. The Bertz CT molecular complexity index is 535. The third-order valence-electron chi connectivity index (χ3n) is 2.42. The van der Waals surface area contributed by atoms with E-state index >= 15 is 0 Å². The van der Waals surface area contributed by atoms with Crippen molar-refractivity contribution < 1.29 is 18.3 Å². The quantitative estimate of drug-likeness (QED) is 0.806. The van der Waals surface area contributed by atoms with Gasteiger partial charge in [0.25, 0.3) is 0 Å². The fourth-order valence-corrected chi connectivity index (χ4v) is 3.74. The molecule has 1 unspecified atom stereocenters. The third-order valence-corrected chi connectivity index (χ3v) is 4.89. The van der Waals surface area contributed by atoms with Crippen LogP contribution in [0, 0.1) is 0 Å². The zero-order valence-corrected chi connectivity index (χ0v) is 9.05. The van der Waals surface area contributed by atoms with Crippen molar-refractivity contribution in [2.45, 2.75) is 16.6 Å². The molecule has 6 heteroatoms. The molecule has 1 aromatic carbocycles. The molecule has 0 radical (unpaired) electrons. The molecule has 0 aliphatic carbocycles. The second-order valence-electron chi connectivity index (χ2n) is 3.29. The summed E-state index contributed by atoms with van der Waals surface area (Å²) in [7, 11) is -3.75. The van der Waals surface area contributed by atoms with Gasteiger partial charge in [0.2, 0.25) is 0 Å². The summed E-state index contributed by atoms with van der Waals surface area (Å²) in [6.07, 6.45) is -0.0489. The summed E-state index contributed by atoms with van der Waals surface area (Å²) in [4.78, 5) is 10.8. The van der Waals surface area contributed by atoms with Gasteiger partial charge in [-0.2, -0.15) is 0 Å². The van der Waals surface area contributed by atoms with Gasteiger partial charge in [-0.25, -0.2) is 8.42 Å². The molecule has 0 saturated heterocycles. The van der Waals surface area contributed by atoms with Crippen LogP contribution < -0.4 is 0 Å². The minimum absolute atomic E-state index is 0.0439. The van der Waals surface area contributed by atoms with Gasteiger partial charge in [-0.05, 0) is 17.7 Å². The average molecular weight is 247 g/mol. The zero-order valence-electron chi connectivity index (χ0n) is 7.47. The molecule has 1 N–H and O–H groups in total. The maximum absolute atomic E-state index is 11.7. The van der Waals surface area contributed by atoms with E-state index in [1.165, 1.54) is 12.1 Å². The van der Waals surface area contributed by atoms with Gasteiger partial charge in [-0.1, -0.05) is 17.7 Å². The van der Waals surface area contributed by atoms with E-state index < -0.39 is 21.1 Å². The Hall–Kier alpha value is -1.07. The molecule has 0 fully saturated rings. The minimum atomic E-state index is -3.75. The summed E-state index contributed by atoms with van der Waals surface area (Å²) >= 11 is 5.81. The maximum atomic E-state index is 11.7. The lowest BCUT2D eigenvalue weighted by Crippen LogP contribution is -2.26. The van der Waals surface area contributed by atoms with E-state index in [0.717, 1.165) is 0 Å². The van der Waals surface area contributed by atoms with Crippen LogP contribution in [0.3, 0.4) is 0 Å². The SMILES string of the molecule is O=C(O)C1Cc2c(Cl)cccc2S1(=O)=O. The van der Waals surface area contributed by atoms with Crippen molar-refractivity contribution >= 4 is 27.4 Å². The fraction of sp³-hybridized carbons (Fsp3) is 0.222. The average Bonchev–Trinajstić information content (AvgIpc) is 2.40. The van der Waals surface area contributed by atoms with Crippen LogP contribution in [-0.4, -0.2) is 24.7 Å². The molecule has 0 saturated carbocycles. The Kier molecular flexibility index (Phi) is 2.24. The van der Waals surface area contributed by atoms with Crippen molar-refractivity contribution in [1.82, 2.24) is 0 Å². The number of halogens is 1. The number of carboxylic acids is 1. The van der Waals surface area contributed by atoms with Crippen LogP contribution in [0.25, 0.3) is 0 Å². The molecule has 2 rings (SSSR count). The molecule has 1 heterocycles. The number of carboxylic acid groups (broad SMARTS) is 1. The van der Waals surface area contributed by atoms with Crippen molar-refractivity contribution in [3.63, 3.8) is 0 Å². The Morgan fingerprint density at radius 1 is 1.47 bits per heavy atom. The lowest BCUT2D eigenvalue weighted by atomic mass is 10.1. The van der Waals surface area contributed by atoms with Gasteiger partial charge in [-0.15, -0.1) is 0 Å². The molecule has 80 valence electrons. The first kappa shape index (κ1) is 10.4. The zero-order chi connectivity index (χ0) is 11.2. The molecule has 0 bridgehead atoms. The van der Waals surface area contributed by atoms with Crippen LogP contribution in [0.1, 0.15) is 5.56 Å². The van der Waals surface area contributed by atoms with E-state index in [9.17, 15) is 13.2 Å². The van der Waals surface area contributed by atoms with Crippen molar-refractivity contribution in [3.05, 3.63) is 28.8 Å². The second-order valence-corrected chi connectivity index (χ2v) is 5.80. The number of benzene rings is 1. The molecular weight excluding hydrogens is 240 g/mol. The summed E-state index contributed by atoms with van der Waals surface area (Å²) in [5, 5.41) is 7.70. The summed E-state index contributed by atoms with van der Waals surface area (Å²) in [5.41, 5.74) is 0.409. The van der Waals surface area contributed by atoms with Gasteiger partial charge in [0, 0.05) is 11.4 Å². The Labute approximate surface area is 91.4 Å². The smallest absolute Gasteiger partial charge is 0.322 e. The molecule has 0 spiro atoms. The normalized spacial score (nSPS) is 22.3. The number of fused-ring (bicyclic) bond motifs is 1. The molecular formula is C9H7ClO4S. The predicted octanol–water partition coefficient (Wildman–Crippen LogP) is 1.12. The minimum Gasteiger partial charge on any atom is -0.480 e. The molecule has 1 aliphatic rings.